The van der Waals surface area contributed by atoms with E-state index in [-0.39, 0.29) is 12.5 Å². The highest BCUT2D eigenvalue weighted by atomic mass is 16.5. The lowest BCUT2D eigenvalue weighted by atomic mass is 10.1. The van der Waals surface area contributed by atoms with E-state index in [2.05, 4.69) is 16.0 Å². The fourth-order valence-electron chi connectivity index (χ4n) is 2.20. The maximum absolute atomic E-state index is 12.2. The van der Waals surface area contributed by atoms with Crippen molar-refractivity contribution in [1.82, 2.24) is 10.6 Å². The number of para-hydroxylation sites is 1. The molecule has 1 aromatic heterocycles. The van der Waals surface area contributed by atoms with E-state index in [1.807, 2.05) is 6.07 Å². The molecular weight excluding hydrogens is 350 g/mol. The predicted octanol–water partition coefficient (Wildman–Crippen LogP) is 2.29. The third-order valence-electron chi connectivity index (χ3n) is 3.62. The highest BCUT2D eigenvalue weighted by Crippen LogP contribution is 2.07. The first-order chi connectivity index (χ1) is 13.0. The number of nitrogens with one attached hydrogen (secondary N) is 3. The summed E-state index contributed by atoms with van der Waals surface area (Å²) in [7, 11) is 0. The Kier molecular flexibility index (Phi) is 7.42. The Morgan fingerprint density at radius 3 is 2.44 bits per heavy atom. The Balaban J connectivity index is 1.79. The number of benzene rings is 1. The van der Waals surface area contributed by atoms with E-state index in [0.29, 0.717) is 11.4 Å². The summed E-state index contributed by atoms with van der Waals surface area (Å²) in [6.07, 6.45) is 1.50. The molecule has 144 valence electrons. The van der Waals surface area contributed by atoms with Crippen molar-refractivity contribution in [2.24, 2.45) is 5.92 Å². The second-order valence-electron chi connectivity index (χ2n) is 6.15. The lowest BCUT2D eigenvalue weighted by Crippen LogP contribution is -2.47. The van der Waals surface area contributed by atoms with Gasteiger partial charge in [0.15, 0.2) is 6.61 Å². The molecule has 3 N–H and O–H groups in total. The van der Waals surface area contributed by atoms with Crippen LogP contribution in [0, 0.1) is 5.92 Å². The summed E-state index contributed by atoms with van der Waals surface area (Å²) in [4.78, 5) is 36.1. The zero-order valence-electron chi connectivity index (χ0n) is 15.2. The summed E-state index contributed by atoms with van der Waals surface area (Å²) in [6.45, 7) is 3.30. The fraction of sp³-hybridized carbons (Fsp3) is 0.316. The van der Waals surface area contributed by atoms with Gasteiger partial charge in [0.05, 0.1) is 12.8 Å². The third-order valence-corrected chi connectivity index (χ3v) is 3.62. The normalized spacial score (nSPS) is 11.5. The Hall–Kier alpha value is -3.29. The van der Waals surface area contributed by atoms with Crippen molar-refractivity contribution >= 4 is 23.6 Å². The molecule has 0 spiro atoms. The van der Waals surface area contributed by atoms with Gasteiger partial charge in [0.25, 0.3) is 5.91 Å². The topological polar surface area (TPSA) is 110 Å². The van der Waals surface area contributed by atoms with Crippen LogP contribution in [-0.2, 0) is 20.9 Å². The number of ether oxygens (including phenoxy) is 1. The van der Waals surface area contributed by atoms with Gasteiger partial charge in [-0.25, -0.2) is 9.59 Å². The molecule has 0 aliphatic heterocycles. The molecule has 1 aromatic carbocycles. The van der Waals surface area contributed by atoms with Gasteiger partial charge in [0.2, 0.25) is 0 Å². The molecule has 3 amide bonds. The lowest BCUT2D eigenvalue weighted by Gasteiger charge is -2.21. The number of hydrogen-bond acceptors (Lipinski definition) is 5. The number of furan rings is 1. The highest BCUT2D eigenvalue weighted by Gasteiger charge is 2.26. The van der Waals surface area contributed by atoms with Crippen LogP contribution in [0.2, 0.25) is 0 Å². The molecule has 0 fully saturated rings. The molecule has 2 rings (SSSR count). The van der Waals surface area contributed by atoms with Gasteiger partial charge in [0.1, 0.15) is 11.8 Å². The molecule has 2 aromatic rings. The van der Waals surface area contributed by atoms with Crippen molar-refractivity contribution in [3.63, 3.8) is 0 Å². The van der Waals surface area contributed by atoms with E-state index < -0.39 is 30.6 Å². The number of esters is 1. The second-order valence-corrected chi connectivity index (χ2v) is 6.15. The van der Waals surface area contributed by atoms with Crippen LogP contribution in [0.1, 0.15) is 19.6 Å². The molecule has 0 radical (unpaired) electrons. The van der Waals surface area contributed by atoms with E-state index in [1.165, 1.54) is 6.26 Å². The van der Waals surface area contributed by atoms with E-state index in [9.17, 15) is 14.4 Å². The van der Waals surface area contributed by atoms with Crippen LogP contribution in [0.4, 0.5) is 10.5 Å². The van der Waals surface area contributed by atoms with Crippen LogP contribution in [0.25, 0.3) is 0 Å². The smallest absolute Gasteiger partial charge is 0.329 e. The van der Waals surface area contributed by atoms with E-state index in [1.54, 1.807) is 50.2 Å². The average Bonchev–Trinajstić information content (AvgIpc) is 3.16. The van der Waals surface area contributed by atoms with Crippen LogP contribution in [-0.4, -0.2) is 30.6 Å². The highest BCUT2D eigenvalue weighted by molar-refractivity contribution is 5.93. The van der Waals surface area contributed by atoms with Crippen LogP contribution >= 0.6 is 0 Å². The number of amides is 3. The first-order valence-electron chi connectivity index (χ1n) is 8.54. The minimum atomic E-state index is -0.883. The SMILES string of the molecule is CC(C)[C@H](NC(=O)Nc1ccccc1)C(=O)OCC(=O)NCc1ccco1. The molecule has 8 heteroatoms. The van der Waals surface area contributed by atoms with Crippen molar-refractivity contribution in [2.75, 3.05) is 11.9 Å². The molecule has 1 heterocycles. The largest absolute Gasteiger partial charge is 0.467 e. The summed E-state index contributed by atoms with van der Waals surface area (Å²) in [5.41, 5.74) is 0.600. The summed E-state index contributed by atoms with van der Waals surface area (Å²) in [6, 6.07) is 10.9. The van der Waals surface area contributed by atoms with Crippen molar-refractivity contribution in [1.29, 1.82) is 0 Å². The van der Waals surface area contributed by atoms with E-state index >= 15 is 0 Å². The number of carbonyl (C=O) groups is 3. The van der Waals surface area contributed by atoms with Gasteiger partial charge in [-0.15, -0.1) is 0 Å². The van der Waals surface area contributed by atoms with Gasteiger partial charge >= 0.3 is 12.0 Å². The van der Waals surface area contributed by atoms with Crippen molar-refractivity contribution in [3.8, 4) is 0 Å². The van der Waals surface area contributed by atoms with Gasteiger partial charge < -0.3 is 25.1 Å². The van der Waals surface area contributed by atoms with Crippen molar-refractivity contribution in [3.05, 3.63) is 54.5 Å². The monoisotopic (exact) mass is 373 g/mol. The molecule has 0 aliphatic carbocycles. The van der Waals surface area contributed by atoms with E-state index in [0.717, 1.165) is 0 Å². The van der Waals surface area contributed by atoms with Crippen LogP contribution < -0.4 is 16.0 Å². The summed E-state index contributed by atoms with van der Waals surface area (Å²) in [5, 5.41) is 7.78. The van der Waals surface area contributed by atoms with Gasteiger partial charge in [-0.3, -0.25) is 4.79 Å². The van der Waals surface area contributed by atoms with Crippen molar-refractivity contribution < 1.29 is 23.5 Å². The Morgan fingerprint density at radius 2 is 1.81 bits per heavy atom. The summed E-state index contributed by atoms with van der Waals surface area (Å²) >= 11 is 0. The minimum Gasteiger partial charge on any atom is -0.467 e. The third kappa shape index (κ3) is 6.85. The first kappa shape index (κ1) is 20.0. The fourth-order valence-corrected chi connectivity index (χ4v) is 2.20. The number of carbonyl (C=O) groups excluding carboxylic acids is 3. The molecule has 0 bridgehead atoms. The number of hydrogen-bond donors (Lipinski definition) is 3. The molecule has 1 atom stereocenters. The zero-order chi connectivity index (χ0) is 19.6. The standard InChI is InChI=1S/C19H23N3O5/c1-13(2)17(22-19(25)21-14-7-4-3-5-8-14)18(24)27-12-16(23)20-11-15-9-6-10-26-15/h3-10,13,17H,11-12H2,1-2H3,(H,20,23)(H2,21,22,25)/t17-/m0/s1. The quantitative estimate of drug-likeness (QED) is 0.615. The molecule has 0 saturated heterocycles. The lowest BCUT2D eigenvalue weighted by molar-refractivity contribution is -0.151. The second kappa shape index (κ2) is 10.0. The average molecular weight is 373 g/mol. The van der Waals surface area contributed by atoms with Gasteiger partial charge in [-0.2, -0.15) is 0 Å². The van der Waals surface area contributed by atoms with E-state index in [4.69, 9.17) is 9.15 Å². The van der Waals surface area contributed by atoms with Crippen molar-refractivity contribution in [2.45, 2.75) is 26.4 Å². The first-order valence-corrected chi connectivity index (χ1v) is 8.54. The summed E-state index contributed by atoms with van der Waals surface area (Å²) in [5.74, 6) is -0.767. The number of urea groups is 1. The maximum atomic E-state index is 12.2. The Morgan fingerprint density at radius 1 is 1.07 bits per heavy atom. The molecule has 0 unspecified atom stereocenters. The number of rotatable bonds is 8. The van der Waals surface area contributed by atoms with Gasteiger partial charge in [0, 0.05) is 5.69 Å². The Labute approximate surface area is 157 Å². The van der Waals surface area contributed by atoms with Crippen LogP contribution in [0.3, 0.4) is 0 Å². The molecule has 0 saturated carbocycles. The Bertz CT molecular complexity index is 744. The number of anilines is 1. The predicted molar refractivity (Wildman–Crippen MR) is 98.7 cm³/mol. The summed E-state index contributed by atoms with van der Waals surface area (Å²) < 4.78 is 10.1. The zero-order valence-corrected chi connectivity index (χ0v) is 15.2. The van der Waals surface area contributed by atoms with Crippen LogP contribution in [0.15, 0.2) is 53.1 Å². The molecular formula is C19H23N3O5. The van der Waals surface area contributed by atoms with Crippen LogP contribution in [0.5, 0.6) is 0 Å². The maximum Gasteiger partial charge on any atom is 0.329 e. The minimum absolute atomic E-state index is 0.203. The van der Waals surface area contributed by atoms with Gasteiger partial charge in [-0.05, 0) is 30.2 Å². The molecule has 8 nitrogen and oxygen atoms in total. The van der Waals surface area contributed by atoms with Gasteiger partial charge in [-0.1, -0.05) is 32.0 Å². The molecule has 0 aliphatic rings. The molecule has 27 heavy (non-hydrogen) atoms.